The monoisotopic (exact) mass is 156 g/mol. The van der Waals surface area contributed by atoms with Crippen molar-refractivity contribution in [3.8, 4) is 0 Å². The van der Waals surface area contributed by atoms with Gasteiger partial charge in [-0.15, -0.1) is 6.58 Å². The van der Waals surface area contributed by atoms with Crippen LogP contribution in [0.1, 0.15) is 32.6 Å². The van der Waals surface area contributed by atoms with Crippen molar-refractivity contribution in [1.29, 1.82) is 0 Å². The zero-order valence-electron chi connectivity index (χ0n) is 7.14. The van der Waals surface area contributed by atoms with E-state index < -0.39 is 0 Å². The van der Waals surface area contributed by atoms with Gasteiger partial charge in [-0.3, -0.25) is 4.79 Å². The Labute approximate surface area is 68.2 Å². The van der Waals surface area contributed by atoms with Crippen LogP contribution < -0.4 is 0 Å². The highest BCUT2D eigenvalue weighted by molar-refractivity contribution is 5.69. The van der Waals surface area contributed by atoms with Crippen molar-refractivity contribution in [2.24, 2.45) is 0 Å². The molecule has 0 fully saturated rings. The molecular weight excluding hydrogens is 140 g/mol. The third kappa shape index (κ3) is 7.10. The van der Waals surface area contributed by atoms with Gasteiger partial charge in [-0.05, 0) is 12.8 Å². The van der Waals surface area contributed by atoms with Gasteiger partial charge in [-0.2, -0.15) is 0 Å². The van der Waals surface area contributed by atoms with E-state index in [9.17, 15) is 4.79 Å². The first-order valence-electron chi connectivity index (χ1n) is 4.07. The highest BCUT2D eigenvalue weighted by atomic mass is 16.5. The lowest BCUT2D eigenvalue weighted by Crippen LogP contribution is -2.04. The molecule has 0 heterocycles. The first-order valence-corrected chi connectivity index (χ1v) is 4.07. The van der Waals surface area contributed by atoms with E-state index in [0.717, 1.165) is 19.3 Å². The summed E-state index contributed by atoms with van der Waals surface area (Å²) in [4.78, 5) is 10.8. The summed E-state index contributed by atoms with van der Waals surface area (Å²) in [6.07, 6.45) is 5.00. The lowest BCUT2D eigenvalue weighted by atomic mass is 10.2. The number of ether oxygens (including phenoxy) is 1. The summed E-state index contributed by atoms with van der Waals surface area (Å²) in [5, 5.41) is 0. The summed E-state index contributed by atoms with van der Waals surface area (Å²) in [5.41, 5.74) is 0. The molecule has 0 saturated carbocycles. The van der Waals surface area contributed by atoms with Crippen LogP contribution in [0.3, 0.4) is 0 Å². The van der Waals surface area contributed by atoms with Crippen LogP contribution in [0.2, 0.25) is 0 Å². The molecule has 0 aliphatic rings. The van der Waals surface area contributed by atoms with Gasteiger partial charge in [0.15, 0.2) is 0 Å². The van der Waals surface area contributed by atoms with Crippen molar-refractivity contribution in [3.63, 3.8) is 0 Å². The Morgan fingerprint density at radius 1 is 1.64 bits per heavy atom. The first kappa shape index (κ1) is 10.2. The average Bonchev–Trinajstić information content (AvgIpc) is 2.01. The number of hydrogen-bond donors (Lipinski definition) is 0. The molecule has 0 aromatic heterocycles. The molecular formula is C9H16O2. The topological polar surface area (TPSA) is 26.3 Å². The molecule has 2 nitrogen and oxygen atoms in total. The van der Waals surface area contributed by atoms with Crippen molar-refractivity contribution in [1.82, 2.24) is 0 Å². The second-order valence-corrected chi connectivity index (χ2v) is 2.40. The molecule has 0 bridgehead atoms. The first-order chi connectivity index (χ1) is 5.31. The Morgan fingerprint density at radius 2 is 2.36 bits per heavy atom. The van der Waals surface area contributed by atoms with Gasteiger partial charge in [0.05, 0.1) is 6.61 Å². The molecule has 0 rings (SSSR count). The fraction of sp³-hybridized carbons (Fsp3) is 0.667. The van der Waals surface area contributed by atoms with Crippen molar-refractivity contribution >= 4 is 5.97 Å². The maximum atomic E-state index is 10.8. The predicted molar refractivity (Wildman–Crippen MR) is 45.3 cm³/mol. The molecule has 0 amide bonds. The van der Waals surface area contributed by atoms with Crippen LogP contribution in [0.5, 0.6) is 0 Å². The maximum absolute atomic E-state index is 10.8. The van der Waals surface area contributed by atoms with E-state index in [1.807, 2.05) is 0 Å². The van der Waals surface area contributed by atoms with Crippen LogP contribution in [0.25, 0.3) is 0 Å². The summed E-state index contributed by atoms with van der Waals surface area (Å²) in [7, 11) is 0. The molecule has 64 valence electrons. The Bertz CT molecular complexity index is 119. The van der Waals surface area contributed by atoms with E-state index in [1.54, 1.807) is 6.08 Å². The van der Waals surface area contributed by atoms with E-state index in [2.05, 4.69) is 13.5 Å². The number of esters is 1. The molecule has 0 spiro atoms. The van der Waals surface area contributed by atoms with Gasteiger partial charge in [0.2, 0.25) is 0 Å². The third-order valence-corrected chi connectivity index (χ3v) is 1.32. The van der Waals surface area contributed by atoms with E-state index >= 15 is 0 Å². The smallest absolute Gasteiger partial charge is 0.305 e. The van der Waals surface area contributed by atoms with Crippen molar-refractivity contribution < 1.29 is 9.53 Å². The summed E-state index contributed by atoms with van der Waals surface area (Å²) < 4.78 is 4.87. The van der Waals surface area contributed by atoms with Crippen LogP contribution in [-0.4, -0.2) is 12.6 Å². The minimum Gasteiger partial charge on any atom is -0.465 e. The van der Waals surface area contributed by atoms with Gasteiger partial charge in [0, 0.05) is 6.42 Å². The third-order valence-electron chi connectivity index (χ3n) is 1.32. The molecule has 2 heteroatoms. The Balaban J connectivity index is 3.15. The minimum atomic E-state index is -0.0892. The fourth-order valence-electron chi connectivity index (χ4n) is 0.649. The molecule has 0 saturated heterocycles. The molecule has 0 atom stereocenters. The van der Waals surface area contributed by atoms with Gasteiger partial charge < -0.3 is 4.74 Å². The fourth-order valence-corrected chi connectivity index (χ4v) is 0.649. The van der Waals surface area contributed by atoms with Crippen molar-refractivity contribution in [3.05, 3.63) is 12.7 Å². The van der Waals surface area contributed by atoms with E-state index in [1.165, 1.54) is 0 Å². The molecule has 0 aliphatic heterocycles. The van der Waals surface area contributed by atoms with Crippen LogP contribution in [0.4, 0.5) is 0 Å². The summed E-state index contributed by atoms with van der Waals surface area (Å²) in [5.74, 6) is -0.0892. The zero-order valence-corrected chi connectivity index (χ0v) is 7.14. The number of unbranched alkanes of at least 4 members (excludes halogenated alkanes) is 1. The zero-order chi connectivity index (χ0) is 8.53. The van der Waals surface area contributed by atoms with Crippen LogP contribution in [0.15, 0.2) is 12.7 Å². The standard InChI is InChI=1S/C9H16O2/c1-3-5-7-9(10)11-8-6-4-2/h4H,2-3,5-8H2,1H3. The Hall–Kier alpha value is -0.790. The summed E-state index contributed by atoms with van der Waals surface area (Å²) >= 11 is 0. The van der Waals surface area contributed by atoms with Crippen molar-refractivity contribution in [2.45, 2.75) is 32.6 Å². The highest BCUT2D eigenvalue weighted by Crippen LogP contribution is 1.96. The quantitative estimate of drug-likeness (QED) is 0.335. The lowest BCUT2D eigenvalue weighted by Gasteiger charge is -2.00. The molecule has 0 aromatic carbocycles. The van der Waals surface area contributed by atoms with Crippen molar-refractivity contribution in [2.75, 3.05) is 6.61 Å². The summed E-state index contributed by atoms with van der Waals surface area (Å²) in [6.45, 7) is 6.06. The number of carbonyl (C=O) groups is 1. The van der Waals surface area contributed by atoms with Crippen LogP contribution >= 0.6 is 0 Å². The van der Waals surface area contributed by atoms with E-state index in [4.69, 9.17) is 4.74 Å². The molecule has 0 aromatic rings. The average molecular weight is 156 g/mol. The largest absolute Gasteiger partial charge is 0.465 e. The molecule has 0 aliphatic carbocycles. The predicted octanol–water partition coefficient (Wildman–Crippen LogP) is 2.30. The van der Waals surface area contributed by atoms with E-state index in [-0.39, 0.29) is 5.97 Å². The summed E-state index contributed by atoms with van der Waals surface area (Å²) in [6, 6.07) is 0. The van der Waals surface area contributed by atoms with Gasteiger partial charge in [-0.1, -0.05) is 19.4 Å². The Kier molecular flexibility index (Phi) is 6.79. The number of hydrogen-bond acceptors (Lipinski definition) is 2. The molecule has 11 heavy (non-hydrogen) atoms. The molecule has 0 radical (unpaired) electrons. The van der Waals surface area contributed by atoms with E-state index in [0.29, 0.717) is 13.0 Å². The van der Waals surface area contributed by atoms with Gasteiger partial charge in [-0.25, -0.2) is 0 Å². The minimum absolute atomic E-state index is 0.0892. The number of carbonyl (C=O) groups excluding carboxylic acids is 1. The normalized spacial score (nSPS) is 9.18. The van der Waals surface area contributed by atoms with Crippen LogP contribution in [-0.2, 0) is 9.53 Å². The molecule has 0 N–H and O–H groups in total. The Morgan fingerprint density at radius 3 is 2.91 bits per heavy atom. The second-order valence-electron chi connectivity index (χ2n) is 2.40. The maximum Gasteiger partial charge on any atom is 0.305 e. The van der Waals surface area contributed by atoms with Gasteiger partial charge in [0.1, 0.15) is 0 Å². The number of rotatable bonds is 6. The highest BCUT2D eigenvalue weighted by Gasteiger charge is 1.99. The lowest BCUT2D eigenvalue weighted by molar-refractivity contribution is -0.143. The molecule has 0 unspecified atom stereocenters. The SMILES string of the molecule is C=CCCOC(=O)CCCC. The van der Waals surface area contributed by atoms with Crippen LogP contribution in [0, 0.1) is 0 Å². The second kappa shape index (κ2) is 7.32. The van der Waals surface area contributed by atoms with Gasteiger partial charge in [0.25, 0.3) is 0 Å². The van der Waals surface area contributed by atoms with Gasteiger partial charge >= 0.3 is 5.97 Å².